The average Bonchev–Trinajstić information content (AvgIpc) is 2.18. The standard InChI is InChI=1S/C8H4BrF3INO3/c9-2-3-1-4(13)6(17-8(10,11)12)5(14-3)7(15)16/h1H,2H2,(H,15,16). The molecule has 0 aromatic carbocycles. The molecule has 4 nitrogen and oxygen atoms in total. The maximum atomic E-state index is 12.1. The molecule has 0 atom stereocenters. The van der Waals surface area contributed by atoms with Crippen LogP contribution >= 0.6 is 38.5 Å². The summed E-state index contributed by atoms with van der Waals surface area (Å²) in [5, 5.41) is 9.01. The van der Waals surface area contributed by atoms with Crippen LogP contribution in [0, 0.1) is 3.57 Å². The molecule has 0 radical (unpaired) electrons. The third-order valence-corrected chi connectivity index (χ3v) is 2.91. The highest BCUT2D eigenvalue weighted by Crippen LogP contribution is 2.31. The van der Waals surface area contributed by atoms with Crippen LogP contribution in [0.15, 0.2) is 6.07 Å². The molecule has 1 heterocycles. The molecule has 1 N–H and O–H groups in total. The summed E-state index contributed by atoms with van der Waals surface area (Å²) in [7, 11) is 0. The number of aromatic nitrogens is 1. The third-order valence-electron chi connectivity index (χ3n) is 1.54. The molecule has 0 fully saturated rings. The first-order valence-electron chi connectivity index (χ1n) is 3.99. The Morgan fingerprint density at radius 1 is 1.59 bits per heavy atom. The zero-order valence-corrected chi connectivity index (χ0v) is 11.6. The number of pyridine rings is 1. The first-order valence-corrected chi connectivity index (χ1v) is 6.19. The minimum absolute atomic E-state index is 0.0294. The zero-order valence-electron chi connectivity index (χ0n) is 7.89. The molecule has 17 heavy (non-hydrogen) atoms. The Balaban J connectivity index is 3.32. The van der Waals surface area contributed by atoms with E-state index >= 15 is 0 Å². The normalized spacial score (nSPS) is 11.4. The van der Waals surface area contributed by atoms with Gasteiger partial charge in [-0.3, -0.25) is 0 Å². The Hall–Kier alpha value is -0.580. The van der Waals surface area contributed by atoms with E-state index in [9.17, 15) is 18.0 Å². The molecule has 94 valence electrons. The largest absolute Gasteiger partial charge is 0.573 e. The van der Waals surface area contributed by atoms with E-state index in [0.717, 1.165) is 0 Å². The van der Waals surface area contributed by atoms with Crippen molar-refractivity contribution in [3.05, 3.63) is 21.0 Å². The number of halogens is 5. The van der Waals surface area contributed by atoms with Gasteiger partial charge in [0.15, 0.2) is 11.4 Å². The predicted molar refractivity (Wildman–Crippen MR) is 63.2 cm³/mol. The fourth-order valence-electron chi connectivity index (χ4n) is 0.978. The van der Waals surface area contributed by atoms with E-state index in [2.05, 4.69) is 25.7 Å². The lowest BCUT2D eigenvalue weighted by atomic mass is 10.3. The van der Waals surface area contributed by atoms with E-state index in [0.29, 0.717) is 5.69 Å². The van der Waals surface area contributed by atoms with Crippen molar-refractivity contribution in [2.24, 2.45) is 0 Å². The molecule has 9 heteroatoms. The highest BCUT2D eigenvalue weighted by Gasteiger charge is 2.35. The number of ether oxygens (including phenoxy) is 1. The van der Waals surface area contributed by atoms with E-state index in [-0.39, 0.29) is 8.90 Å². The number of hydrogen-bond donors (Lipinski definition) is 1. The summed E-state index contributed by atoms with van der Waals surface area (Å²) < 4.78 is 40.0. The SMILES string of the molecule is O=C(O)c1nc(CBr)cc(I)c1OC(F)(F)F. The van der Waals surface area contributed by atoms with Gasteiger partial charge in [0.05, 0.1) is 9.26 Å². The molecule has 0 spiro atoms. The molecule has 0 saturated carbocycles. The average molecular weight is 426 g/mol. The lowest BCUT2D eigenvalue weighted by Gasteiger charge is -2.13. The van der Waals surface area contributed by atoms with Gasteiger partial charge in [-0.25, -0.2) is 9.78 Å². The highest BCUT2D eigenvalue weighted by molar-refractivity contribution is 14.1. The van der Waals surface area contributed by atoms with E-state index in [1.807, 2.05) is 0 Å². The second-order valence-corrected chi connectivity index (χ2v) is 4.48. The molecule has 0 amide bonds. The minimum atomic E-state index is -4.96. The summed E-state index contributed by atoms with van der Waals surface area (Å²) in [4.78, 5) is 14.4. The van der Waals surface area contributed by atoms with Crippen LogP contribution in [0.3, 0.4) is 0 Å². The molecule has 0 saturated heterocycles. The van der Waals surface area contributed by atoms with Crippen LogP contribution < -0.4 is 4.74 Å². The molecule has 0 aliphatic rings. The molecular formula is C8H4BrF3INO3. The summed E-state index contributed by atoms with van der Waals surface area (Å²) in [6.45, 7) is 0. The molecule has 1 aromatic rings. The maximum absolute atomic E-state index is 12.1. The van der Waals surface area contributed by atoms with Crippen LogP contribution in [0.1, 0.15) is 16.2 Å². The molecular weight excluding hydrogens is 422 g/mol. The van der Waals surface area contributed by atoms with Gasteiger partial charge in [0.25, 0.3) is 0 Å². The summed E-state index contributed by atoms with van der Waals surface area (Å²) in [5.41, 5.74) is -0.454. The van der Waals surface area contributed by atoms with Gasteiger partial charge in [-0.15, -0.1) is 13.2 Å². The number of alkyl halides is 4. The van der Waals surface area contributed by atoms with Gasteiger partial charge in [0.2, 0.25) is 0 Å². The van der Waals surface area contributed by atoms with E-state index in [1.54, 1.807) is 22.6 Å². The molecule has 0 bridgehead atoms. The fraction of sp³-hybridized carbons (Fsp3) is 0.250. The first-order chi connectivity index (χ1) is 7.74. The zero-order chi connectivity index (χ0) is 13.2. The second kappa shape index (κ2) is 5.38. The Bertz CT molecular complexity index is 452. The summed E-state index contributed by atoms with van der Waals surface area (Å²) in [6, 6.07) is 1.31. The van der Waals surface area contributed by atoms with Crippen LogP contribution in [0.5, 0.6) is 5.75 Å². The molecule has 1 rings (SSSR count). The summed E-state index contributed by atoms with van der Waals surface area (Å²) in [6.07, 6.45) is -4.96. The first kappa shape index (κ1) is 14.5. The van der Waals surface area contributed by atoms with Crippen molar-refractivity contribution in [3.8, 4) is 5.75 Å². The van der Waals surface area contributed by atoms with Crippen LogP contribution in [0.2, 0.25) is 0 Å². The Labute approximate surface area is 115 Å². The fourth-order valence-corrected chi connectivity index (χ4v) is 1.99. The number of carboxylic acids is 1. The van der Waals surface area contributed by atoms with Crippen molar-refractivity contribution < 1.29 is 27.8 Å². The number of carbonyl (C=O) groups is 1. The van der Waals surface area contributed by atoms with Gasteiger partial charge in [0, 0.05) is 5.33 Å². The second-order valence-electron chi connectivity index (χ2n) is 2.76. The highest BCUT2D eigenvalue weighted by atomic mass is 127. The van der Waals surface area contributed by atoms with Crippen molar-refractivity contribution in [3.63, 3.8) is 0 Å². The summed E-state index contributed by atoms with van der Waals surface area (Å²) >= 11 is 4.60. The predicted octanol–water partition coefficient (Wildman–Crippen LogP) is 3.18. The summed E-state index contributed by atoms with van der Waals surface area (Å²) in [5.74, 6) is -2.37. The van der Waals surface area contributed by atoms with Crippen LogP contribution in [-0.2, 0) is 5.33 Å². The van der Waals surface area contributed by atoms with Gasteiger partial charge >= 0.3 is 12.3 Å². The Morgan fingerprint density at radius 2 is 2.18 bits per heavy atom. The maximum Gasteiger partial charge on any atom is 0.573 e. The molecule has 0 aliphatic carbocycles. The number of nitrogens with zero attached hydrogens (tertiary/aromatic N) is 1. The number of carboxylic acid groups (broad SMARTS) is 1. The van der Waals surface area contributed by atoms with Crippen molar-refractivity contribution in [2.75, 3.05) is 0 Å². The van der Waals surface area contributed by atoms with Crippen LogP contribution in [-0.4, -0.2) is 22.4 Å². The topological polar surface area (TPSA) is 59.4 Å². The van der Waals surface area contributed by atoms with Crippen molar-refractivity contribution in [1.82, 2.24) is 4.98 Å². The number of aromatic carboxylic acids is 1. The van der Waals surface area contributed by atoms with Crippen LogP contribution in [0.25, 0.3) is 0 Å². The van der Waals surface area contributed by atoms with E-state index in [1.165, 1.54) is 6.07 Å². The lowest BCUT2D eigenvalue weighted by Crippen LogP contribution is -2.21. The number of rotatable bonds is 3. The Morgan fingerprint density at radius 3 is 2.59 bits per heavy atom. The van der Waals surface area contributed by atoms with E-state index < -0.39 is 23.8 Å². The quantitative estimate of drug-likeness (QED) is 0.597. The molecule has 0 unspecified atom stereocenters. The molecule has 0 aliphatic heterocycles. The third kappa shape index (κ3) is 3.98. The van der Waals surface area contributed by atoms with Gasteiger partial charge in [-0.05, 0) is 28.7 Å². The number of hydrogen-bond acceptors (Lipinski definition) is 3. The minimum Gasteiger partial charge on any atom is -0.476 e. The van der Waals surface area contributed by atoms with Gasteiger partial charge in [-0.1, -0.05) is 15.9 Å². The van der Waals surface area contributed by atoms with Crippen molar-refractivity contribution in [1.29, 1.82) is 0 Å². The van der Waals surface area contributed by atoms with Crippen molar-refractivity contribution >= 4 is 44.5 Å². The molecule has 1 aromatic heterocycles. The Kier molecular flexibility index (Phi) is 4.58. The monoisotopic (exact) mass is 425 g/mol. The van der Waals surface area contributed by atoms with Crippen LogP contribution in [0.4, 0.5) is 13.2 Å². The van der Waals surface area contributed by atoms with Gasteiger partial charge < -0.3 is 9.84 Å². The van der Waals surface area contributed by atoms with Gasteiger partial charge in [-0.2, -0.15) is 0 Å². The van der Waals surface area contributed by atoms with E-state index in [4.69, 9.17) is 5.11 Å². The lowest BCUT2D eigenvalue weighted by molar-refractivity contribution is -0.275. The smallest absolute Gasteiger partial charge is 0.476 e. The van der Waals surface area contributed by atoms with Gasteiger partial charge in [0.1, 0.15) is 0 Å². The van der Waals surface area contributed by atoms with Crippen molar-refractivity contribution in [2.45, 2.75) is 11.7 Å².